The van der Waals surface area contributed by atoms with Gasteiger partial charge in [-0.05, 0) is 36.6 Å². The second-order valence-corrected chi connectivity index (χ2v) is 7.15. The zero-order valence-electron chi connectivity index (χ0n) is 17.7. The van der Waals surface area contributed by atoms with E-state index >= 15 is 4.39 Å². The Hall–Kier alpha value is -3.58. The molecule has 0 saturated carbocycles. The summed E-state index contributed by atoms with van der Waals surface area (Å²) in [5.41, 5.74) is 0.949. The van der Waals surface area contributed by atoms with Gasteiger partial charge in [0, 0.05) is 12.0 Å². The standard InChI is InChI=1S/C22H20FN3O5S/c1-28-16-11-15(17(23)20-19(16)30-9-4-10-31-20)18(21(32-3)26-22(27)29-2)25-14-7-5-13(12-24)6-8-14/h5-8,11H,4,9-10H2,1-3H3/b25-18+,26-21-. The molecule has 0 saturated heterocycles. The van der Waals surface area contributed by atoms with Crippen molar-refractivity contribution in [3.05, 3.63) is 47.3 Å². The number of aliphatic imine (C=N–C) groups is 2. The van der Waals surface area contributed by atoms with E-state index in [0.717, 1.165) is 11.8 Å². The molecule has 0 aromatic heterocycles. The second-order valence-electron chi connectivity index (χ2n) is 6.36. The molecule has 0 spiro atoms. The van der Waals surface area contributed by atoms with Gasteiger partial charge in [0.2, 0.25) is 11.5 Å². The highest BCUT2D eigenvalue weighted by Crippen LogP contribution is 2.43. The molecule has 2 aromatic rings. The number of methoxy groups -OCH3 is 2. The summed E-state index contributed by atoms with van der Waals surface area (Å²) in [6.45, 7) is 0.623. The Balaban J connectivity index is 2.26. The van der Waals surface area contributed by atoms with Crippen molar-refractivity contribution in [3.63, 3.8) is 0 Å². The van der Waals surface area contributed by atoms with Crippen LogP contribution < -0.4 is 14.2 Å². The number of nitrogens with zero attached hydrogens (tertiary/aromatic N) is 3. The first-order valence-corrected chi connectivity index (χ1v) is 10.7. The molecular formula is C22H20FN3O5S. The third-order valence-corrected chi connectivity index (χ3v) is 5.07. The van der Waals surface area contributed by atoms with Crippen LogP contribution >= 0.6 is 11.8 Å². The molecule has 0 radical (unpaired) electrons. The molecule has 3 rings (SSSR count). The van der Waals surface area contributed by atoms with Crippen LogP contribution in [0.4, 0.5) is 14.9 Å². The van der Waals surface area contributed by atoms with E-state index in [0.29, 0.717) is 24.3 Å². The van der Waals surface area contributed by atoms with Crippen LogP contribution in [0.2, 0.25) is 0 Å². The van der Waals surface area contributed by atoms with Crippen LogP contribution in [-0.2, 0) is 4.74 Å². The maximum absolute atomic E-state index is 15.7. The van der Waals surface area contributed by atoms with Crippen molar-refractivity contribution in [1.29, 1.82) is 5.26 Å². The molecule has 1 heterocycles. The molecule has 32 heavy (non-hydrogen) atoms. The van der Waals surface area contributed by atoms with Gasteiger partial charge in [0.1, 0.15) is 10.8 Å². The molecule has 1 aliphatic heterocycles. The molecule has 0 unspecified atom stereocenters. The van der Waals surface area contributed by atoms with Crippen molar-refractivity contribution >= 4 is 34.3 Å². The zero-order valence-corrected chi connectivity index (χ0v) is 18.5. The van der Waals surface area contributed by atoms with Gasteiger partial charge in [-0.1, -0.05) is 0 Å². The van der Waals surface area contributed by atoms with Crippen molar-refractivity contribution in [1.82, 2.24) is 0 Å². The quantitative estimate of drug-likeness (QED) is 0.491. The third-order valence-electron chi connectivity index (χ3n) is 4.40. The summed E-state index contributed by atoms with van der Waals surface area (Å²) in [5.74, 6) is -0.395. The molecule has 0 aliphatic carbocycles. The lowest BCUT2D eigenvalue weighted by Gasteiger charge is -2.17. The summed E-state index contributed by atoms with van der Waals surface area (Å²) >= 11 is 1.09. The molecule has 0 atom stereocenters. The first-order chi connectivity index (χ1) is 15.5. The van der Waals surface area contributed by atoms with Gasteiger partial charge < -0.3 is 18.9 Å². The normalized spacial score (nSPS) is 13.7. The monoisotopic (exact) mass is 457 g/mol. The number of nitriles is 1. The van der Waals surface area contributed by atoms with Crippen molar-refractivity contribution in [2.75, 3.05) is 33.7 Å². The second kappa shape index (κ2) is 10.6. The number of carbonyl (C=O) groups excluding carboxylic acids is 1. The van der Waals surface area contributed by atoms with Crippen molar-refractivity contribution in [2.45, 2.75) is 6.42 Å². The number of carbonyl (C=O) groups is 1. The molecule has 0 N–H and O–H groups in total. The van der Waals surface area contributed by atoms with Gasteiger partial charge in [0.25, 0.3) is 0 Å². The van der Waals surface area contributed by atoms with Gasteiger partial charge in [-0.25, -0.2) is 14.2 Å². The Morgan fingerprint density at radius 1 is 1.19 bits per heavy atom. The van der Waals surface area contributed by atoms with Crippen molar-refractivity contribution in [3.8, 4) is 23.3 Å². The van der Waals surface area contributed by atoms with Gasteiger partial charge in [0.15, 0.2) is 11.6 Å². The Kier molecular flexibility index (Phi) is 7.68. The van der Waals surface area contributed by atoms with Crippen molar-refractivity contribution < 1.29 is 28.1 Å². The Labute approximate surface area is 188 Å². The predicted octanol–water partition coefficient (Wildman–Crippen LogP) is 4.52. The Morgan fingerprint density at radius 2 is 1.88 bits per heavy atom. The van der Waals surface area contributed by atoms with E-state index in [-0.39, 0.29) is 40.2 Å². The largest absolute Gasteiger partial charge is 0.493 e. The summed E-state index contributed by atoms with van der Waals surface area (Å²) in [4.78, 5) is 20.3. The minimum atomic E-state index is -0.858. The van der Waals surface area contributed by atoms with Crippen LogP contribution in [0.3, 0.4) is 0 Å². The number of amides is 1. The highest BCUT2D eigenvalue weighted by Gasteiger charge is 2.28. The van der Waals surface area contributed by atoms with E-state index in [4.69, 9.17) is 19.5 Å². The SMILES string of the molecule is COC(=O)/N=C(SC)/C(=N/c1ccc(C#N)cc1)c1cc(OC)c2c(c1F)OCCCO2. The average Bonchev–Trinajstić information content (AvgIpc) is 3.09. The lowest BCUT2D eigenvalue weighted by molar-refractivity contribution is 0.183. The van der Waals surface area contributed by atoms with E-state index in [1.807, 2.05) is 6.07 Å². The lowest BCUT2D eigenvalue weighted by Crippen LogP contribution is -2.17. The summed E-state index contributed by atoms with van der Waals surface area (Å²) in [6.07, 6.45) is 1.40. The molecule has 0 fully saturated rings. The van der Waals surface area contributed by atoms with E-state index < -0.39 is 11.9 Å². The van der Waals surface area contributed by atoms with Gasteiger partial charge in [-0.2, -0.15) is 10.3 Å². The number of ether oxygens (including phenoxy) is 4. The first kappa shape index (κ1) is 23.1. The smallest absolute Gasteiger partial charge is 0.434 e. The number of halogens is 1. The Bertz CT molecular complexity index is 1110. The van der Waals surface area contributed by atoms with Crippen molar-refractivity contribution in [2.24, 2.45) is 9.98 Å². The molecule has 1 aliphatic rings. The minimum Gasteiger partial charge on any atom is -0.493 e. The maximum Gasteiger partial charge on any atom is 0.434 e. The van der Waals surface area contributed by atoms with Crippen LogP contribution in [0.1, 0.15) is 17.5 Å². The van der Waals surface area contributed by atoms with Gasteiger partial charge in [-0.3, -0.25) is 0 Å². The van der Waals surface area contributed by atoms with E-state index in [1.54, 1.807) is 30.5 Å². The zero-order chi connectivity index (χ0) is 23.1. The summed E-state index contributed by atoms with van der Waals surface area (Å²) in [7, 11) is 2.62. The lowest BCUT2D eigenvalue weighted by atomic mass is 10.1. The predicted molar refractivity (Wildman–Crippen MR) is 119 cm³/mol. The molecule has 0 bridgehead atoms. The van der Waals surface area contributed by atoms with E-state index in [2.05, 4.69) is 14.7 Å². The van der Waals surface area contributed by atoms with Crippen LogP contribution in [0.5, 0.6) is 17.2 Å². The average molecular weight is 457 g/mol. The van der Waals surface area contributed by atoms with Gasteiger partial charge in [0.05, 0.1) is 44.8 Å². The molecule has 2 aromatic carbocycles. The fourth-order valence-corrected chi connectivity index (χ4v) is 3.39. The summed E-state index contributed by atoms with van der Waals surface area (Å²) < 4.78 is 36.9. The van der Waals surface area contributed by atoms with Crippen LogP contribution in [0.15, 0.2) is 40.3 Å². The van der Waals surface area contributed by atoms with E-state index in [9.17, 15) is 4.79 Å². The molecule has 10 heteroatoms. The fraction of sp³-hybridized carbons (Fsp3) is 0.273. The first-order valence-electron chi connectivity index (χ1n) is 9.48. The fourth-order valence-electron chi connectivity index (χ4n) is 2.88. The number of thioether (sulfide) groups is 1. The number of rotatable bonds is 4. The number of hydrogen-bond donors (Lipinski definition) is 0. The minimum absolute atomic E-state index is 0.00691. The maximum atomic E-state index is 15.7. The Morgan fingerprint density at radius 3 is 2.47 bits per heavy atom. The van der Waals surface area contributed by atoms with Gasteiger partial charge >= 0.3 is 6.09 Å². The number of fused-ring (bicyclic) bond motifs is 1. The molecule has 1 amide bonds. The highest BCUT2D eigenvalue weighted by atomic mass is 32.2. The van der Waals surface area contributed by atoms with Gasteiger partial charge in [-0.15, -0.1) is 11.8 Å². The molecule has 8 nitrogen and oxygen atoms in total. The highest BCUT2D eigenvalue weighted by molar-refractivity contribution is 8.15. The topological polar surface area (TPSA) is 103 Å². The number of benzene rings is 2. The number of hydrogen-bond acceptors (Lipinski definition) is 8. The van der Waals surface area contributed by atoms with Crippen LogP contribution in [0.25, 0.3) is 0 Å². The van der Waals surface area contributed by atoms with Crippen LogP contribution in [0, 0.1) is 17.1 Å². The molecular weight excluding hydrogens is 437 g/mol. The third kappa shape index (κ3) is 5.00. The molecule has 166 valence electrons. The van der Waals surface area contributed by atoms with E-state index in [1.165, 1.54) is 20.3 Å². The summed E-state index contributed by atoms with van der Waals surface area (Å²) in [5, 5.41) is 9.14. The summed E-state index contributed by atoms with van der Waals surface area (Å²) in [6, 6.07) is 9.82. The van der Waals surface area contributed by atoms with Crippen LogP contribution in [-0.4, -0.2) is 50.5 Å².